The second-order valence-corrected chi connectivity index (χ2v) is 3.64. The summed E-state index contributed by atoms with van der Waals surface area (Å²) in [4.78, 5) is 10.8. The van der Waals surface area contributed by atoms with Gasteiger partial charge in [0.25, 0.3) is 0 Å². The van der Waals surface area contributed by atoms with E-state index < -0.39 is 17.8 Å². The normalized spacial score (nSPS) is 12.5. The van der Waals surface area contributed by atoms with Crippen LogP contribution >= 0.6 is 15.9 Å². The number of likely N-dealkylation sites (N-methyl/N-ethyl adjacent to an activating group) is 1. The number of halogens is 2. The average Bonchev–Trinajstić information content (AvgIpc) is 2.11. The Morgan fingerprint density at radius 3 is 2.79 bits per heavy atom. The number of nitrogens with one attached hydrogen (secondary N) is 1. The fraction of sp³-hybridized carbons (Fsp3) is 0.222. The van der Waals surface area contributed by atoms with Crippen molar-refractivity contribution in [2.75, 3.05) is 7.05 Å². The molecule has 76 valence electrons. The number of carboxylic acid groups (broad SMARTS) is 1. The van der Waals surface area contributed by atoms with Crippen molar-refractivity contribution >= 4 is 21.9 Å². The first-order valence-corrected chi connectivity index (χ1v) is 4.70. The second-order valence-electron chi connectivity index (χ2n) is 2.73. The maximum atomic E-state index is 13.2. The molecule has 1 atom stereocenters. The standard InChI is InChI=1S/C9H9BrFNO2/c1-12-8(9(13)14)6-4-5(10)2-3-7(6)11/h2-4,8,12H,1H3,(H,13,14). The first-order valence-electron chi connectivity index (χ1n) is 3.91. The van der Waals surface area contributed by atoms with Gasteiger partial charge in [-0.05, 0) is 25.2 Å². The molecule has 14 heavy (non-hydrogen) atoms. The van der Waals surface area contributed by atoms with Crippen LogP contribution in [0.2, 0.25) is 0 Å². The lowest BCUT2D eigenvalue weighted by Crippen LogP contribution is -2.25. The van der Waals surface area contributed by atoms with Crippen LogP contribution in [0.1, 0.15) is 11.6 Å². The van der Waals surface area contributed by atoms with Crippen LogP contribution in [0, 0.1) is 5.82 Å². The lowest BCUT2D eigenvalue weighted by Gasteiger charge is -2.12. The fourth-order valence-corrected chi connectivity index (χ4v) is 1.53. The number of hydrogen-bond donors (Lipinski definition) is 2. The molecule has 1 unspecified atom stereocenters. The zero-order valence-electron chi connectivity index (χ0n) is 7.42. The predicted molar refractivity (Wildman–Crippen MR) is 53.5 cm³/mol. The number of hydrogen-bond acceptors (Lipinski definition) is 2. The highest BCUT2D eigenvalue weighted by atomic mass is 79.9. The Labute approximate surface area is 89.1 Å². The van der Waals surface area contributed by atoms with Crippen LogP contribution in [0.5, 0.6) is 0 Å². The number of benzene rings is 1. The van der Waals surface area contributed by atoms with Gasteiger partial charge in [-0.1, -0.05) is 15.9 Å². The SMILES string of the molecule is CNC(C(=O)O)c1cc(Br)ccc1F. The fourth-order valence-electron chi connectivity index (χ4n) is 1.15. The topological polar surface area (TPSA) is 49.3 Å². The van der Waals surface area contributed by atoms with E-state index in [-0.39, 0.29) is 5.56 Å². The van der Waals surface area contributed by atoms with Gasteiger partial charge in [-0.25, -0.2) is 4.39 Å². The summed E-state index contributed by atoms with van der Waals surface area (Å²) >= 11 is 3.16. The largest absolute Gasteiger partial charge is 0.480 e. The minimum Gasteiger partial charge on any atom is -0.480 e. The van der Waals surface area contributed by atoms with Crippen LogP contribution in [0.3, 0.4) is 0 Å². The van der Waals surface area contributed by atoms with Crippen molar-refractivity contribution in [1.29, 1.82) is 0 Å². The van der Waals surface area contributed by atoms with Gasteiger partial charge in [-0.3, -0.25) is 4.79 Å². The first kappa shape index (κ1) is 11.1. The van der Waals surface area contributed by atoms with E-state index in [1.54, 1.807) is 0 Å². The molecule has 0 amide bonds. The van der Waals surface area contributed by atoms with Crippen molar-refractivity contribution < 1.29 is 14.3 Å². The molecule has 3 nitrogen and oxygen atoms in total. The summed E-state index contributed by atoms with van der Waals surface area (Å²) in [6.07, 6.45) is 0. The number of rotatable bonds is 3. The van der Waals surface area contributed by atoms with Gasteiger partial charge in [0.2, 0.25) is 0 Å². The van der Waals surface area contributed by atoms with E-state index in [0.29, 0.717) is 4.47 Å². The van der Waals surface area contributed by atoms with Gasteiger partial charge in [0, 0.05) is 10.0 Å². The van der Waals surface area contributed by atoms with Gasteiger partial charge in [0.15, 0.2) is 0 Å². The minimum atomic E-state index is -1.11. The molecule has 1 aromatic rings. The maximum absolute atomic E-state index is 13.2. The molecule has 0 aromatic heterocycles. The van der Waals surface area contributed by atoms with Crippen LogP contribution in [-0.2, 0) is 4.79 Å². The van der Waals surface area contributed by atoms with Gasteiger partial charge in [-0.15, -0.1) is 0 Å². The van der Waals surface area contributed by atoms with E-state index in [2.05, 4.69) is 21.2 Å². The number of aliphatic carboxylic acids is 1. The molecule has 2 N–H and O–H groups in total. The van der Waals surface area contributed by atoms with Gasteiger partial charge >= 0.3 is 5.97 Å². The molecular formula is C9H9BrFNO2. The third-order valence-electron chi connectivity index (χ3n) is 1.80. The molecular weight excluding hydrogens is 253 g/mol. The Balaban J connectivity index is 3.15. The highest BCUT2D eigenvalue weighted by molar-refractivity contribution is 9.10. The van der Waals surface area contributed by atoms with Crippen molar-refractivity contribution in [2.45, 2.75) is 6.04 Å². The van der Waals surface area contributed by atoms with Crippen molar-refractivity contribution in [2.24, 2.45) is 0 Å². The van der Waals surface area contributed by atoms with E-state index in [1.807, 2.05) is 0 Å². The number of carboxylic acids is 1. The van der Waals surface area contributed by atoms with Crippen LogP contribution in [-0.4, -0.2) is 18.1 Å². The van der Waals surface area contributed by atoms with Crippen molar-refractivity contribution in [1.82, 2.24) is 5.32 Å². The lowest BCUT2D eigenvalue weighted by atomic mass is 10.1. The molecule has 0 aliphatic rings. The van der Waals surface area contributed by atoms with Crippen LogP contribution < -0.4 is 5.32 Å². The summed E-state index contributed by atoms with van der Waals surface area (Å²) in [6.45, 7) is 0. The molecule has 1 aromatic carbocycles. The Morgan fingerprint density at radius 2 is 2.29 bits per heavy atom. The number of carbonyl (C=O) groups is 1. The van der Waals surface area contributed by atoms with Crippen molar-refractivity contribution in [3.63, 3.8) is 0 Å². The molecule has 0 heterocycles. The maximum Gasteiger partial charge on any atom is 0.325 e. The quantitative estimate of drug-likeness (QED) is 0.875. The van der Waals surface area contributed by atoms with Crippen LogP contribution in [0.4, 0.5) is 4.39 Å². The molecule has 0 bridgehead atoms. The Bertz CT molecular complexity index is 357. The molecule has 5 heteroatoms. The zero-order valence-corrected chi connectivity index (χ0v) is 9.01. The highest BCUT2D eigenvalue weighted by Crippen LogP contribution is 2.21. The Morgan fingerprint density at radius 1 is 1.64 bits per heavy atom. The second kappa shape index (κ2) is 4.52. The minimum absolute atomic E-state index is 0.120. The third kappa shape index (κ3) is 2.30. The molecule has 1 rings (SSSR count). The average molecular weight is 262 g/mol. The highest BCUT2D eigenvalue weighted by Gasteiger charge is 2.21. The molecule has 0 spiro atoms. The Kier molecular flexibility index (Phi) is 3.60. The van der Waals surface area contributed by atoms with Gasteiger partial charge in [0.1, 0.15) is 11.9 Å². The third-order valence-corrected chi connectivity index (χ3v) is 2.30. The van der Waals surface area contributed by atoms with E-state index >= 15 is 0 Å². The van der Waals surface area contributed by atoms with Crippen LogP contribution in [0.15, 0.2) is 22.7 Å². The predicted octanol–water partition coefficient (Wildman–Crippen LogP) is 1.93. The van der Waals surface area contributed by atoms with Crippen molar-refractivity contribution in [3.05, 3.63) is 34.1 Å². The smallest absolute Gasteiger partial charge is 0.325 e. The van der Waals surface area contributed by atoms with Crippen molar-refractivity contribution in [3.8, 4) is 0 Å². The van der Waals surface area contributed by atoms with E-state index in [9.17, 15) is 9.18 Å². The molecule has 0 aliphatic carbocycles. The molecule has 0 saturated carbocycles. The van der Waals surface area contributed by atoms with E-state index in [4.69, 9.17) is 5.11 Å². The summed E-state index contributed by atoms with van der Waals surface area (Å²) in [5.41, 5.74) is 0.120. The zero-order chi connectivity index (χ0) is 10.7. The summed E-state index contributed by atoms with van der Waals surface area (Å²) in [5, 5.41) is 11.3. The lowest BCUT2D eigenvalue weighted by molar-refractivity contribution is -0.139. The molecule has 0 radical (unpaired) electrons. The van der Waals surface area contributed by atoms with Gasteiger partial charge in [0.05, 0.1) is 0 Å². The summed E-state index contributed by atoms with van der Waals surface area (Å²) in [6, 6.07) is 3.18. The molecule has 0 aliphatic heterocycles. The summed E-state index contributed by atoms with van der Waals surface area (Å²) in [5.74, 6) is -1.64. The summed E-state index contributed by atoms with van der Waals surface area (Å²) in [7, 11) is 1.47. The van der Waals surface area contributed by atoms with Gasteiger partial charge in [-0.2, -0.15) is 0 Å². The summed E-state index contributed by atoms with van der Waals surface area (Å²) < 4.78 is 13.9. The van der Waals surface area contributed by atoms with E-state index in [0.717, 1.165) is 0 Å². The monoisotopic (exact) mass is 261 g/mol. The Hall–Kier alpha value is -0.940. The van der Waals surface area contributed by atoms with Gasteiger partial charge < -0.3 is 10.4 Å². The first-order chi connectivity index (χ1) is 6.56. The molecule has 0 saturated heterocycles. The van der Waals surface area contributed by atoms with Crippen LogP contribution in [0.25, 0.3) is 0 Å². The van der Waals surface area contributed by atoms with E-state index in [1.165, 1.54) is 25.2 Å². The molecule has 0 fully saturated rings.